The summed E-state index contributed by atoms with van der Waals surface area (Å²) in [4.78, 5) is 0. The number of nitrogens with one attached hydrogen (secondary N) is 1. The summed E-state index contributed by atoms with van der Waals surface area (Å²) in [5.74, 6) is 0. The average Bonchev–Trinajstić information content (AvgIpc) is 2.45. The third-order valence-corrected chi connectivity index (χ3v) is 3.11. The van der Waals surface area contributed by atoms with E-state index in [1.807, 2.05) is 12.2 Å². The third kappa shape index (κ3) is 3.14. The second-order valence-corrected chi connectivity index (χ2v) is 4.53. The highest BCUT2D eigenvalue weighted by molar-refractivity contribution is 5.78. The third-order valence-electron chi connectivity index (χ3n) is 3.11. The monoisotopic (exact) mass is 249 g/mol. The minimum absolute atomic E-state index is 0.888. The Morgan fingerprint density at radius 2 is 2.16 bits per heavy atom. The first-order chi connectivity index (χ1) is 9.24. The van der Waals surface area contributed by atoms with E-state index in [4.69, 9.17) is 0 Å². The van der Waals surface area contributed by atoms with Crippen LogP contribution in [0.15, 0.2) is 73.4 Å². The maximum Gasteiger partial charge on any atom is 0.0419 e. The van der Waals surface area contributed by atoms with Gasteiger partial charge in [-0.1, -0.05) is 61.2 Å². The molecule has 0 unspecified atom stereocenters. The Morgan fingerprint density at radius 3 is 2.84 bits per heavy atom. The number of allylic oxidation sites excluding steroid dienone is 6. The molecule has 0 radical (unpaired) electrons. The first-order valence-electron chi connectivity index (χ1n) is 6.43. The van der Waals surface area contributed by atoms with E-state index in [0.29, 0.717) is 0 Å². The highest BCUT2D eigenvalue weighted by Crippen LogP contribution is 2.22. The normalized spacial score (nSPS) is 15.1. The Hall–Kier alpha value is -2.28. The molecule has 1 N–H and O–H groups in total. The number of dihydropyridines is 1. The largest absolute Gasteiger partial charge is 0.381 e. The van der Waals surface area contributed by atoms with Crippen molar-refractivity contribution in [3.63, 3.8) is 0 Å². The number of hydrogen-bond acceptors (Lipinski definition) is 1. The van der Waals surface area contributed by atoms with Crippen LogP contribution in [0, 0.1) is 0 Å². The van der Waals surface area contributed by atoms with E-state index in [-0.39, 0.29) is 0 Å². The van der Waals surface area contributed by atoms with Crippen molar-refractivity contribution < 1.29 is 0 Å². The van der Waals surface area contributed by atoms with Crippen LogP contribution in [0.4, 0.5) is 0 Å². The van der Waals surface area contributed by atoms with Crippen molar-refractivity contribution in [2.24, 2.45) is 0 Å². The smallest absolute Gasteiger partial charge is 0.0419 e. The predicted octanol–water partition coefficient (Wildman–Crippen LogP) is 4.33. The molecule has 1 heteroatoms. The SMILES string of the molecule is C=C/C=C(\C=C)c1cccc(C2=CC(C)=CCN2)c1. The summed E-state index contributed by atoms with van der Waals surface area (Å²) in [6.45, 7) is 10.6. The summed E-state index contributed by atoms with van der Waals surface area (Å²) in [7, 11) is 0. The van der Waals surface area contributed by atoms with Gasteiger partial charge >= 0.3 is 0 Å². The van der Waals surface area contributed by atoms with E-state index in [1.54, 1.807) is 6.08 Å². The topological polar surface area (TPSA) is 12.0 Å². The van der Waals surface area contributed by atoms with E-state index >= 15 is 0 Å². The molecule has 2 rings (SSSR count). The Morgan fingerprint density at radius 1 is 1.32 bits per heavy atom. The molecule has 0 aliphatic carbocycles. The molecular formula is C18H19N. The molecule has 0 amide bonds. The summed E-state index contributed by atoms with van der Waals surface area (Å²) < 4.78 is 0. The highest BCUT2D eigenvalue weighted by Gasteiger charge is 2.06. The summed E-state index contributed by atoms with van der Waals surface area (Å²) >= 11 is 0. The van der Waals surface area contributed by atoms with Crippen LogP contribution in [0.5, 0.6) is 0 Å². The molecule has 0 spiro atoms. The van der Waals surface area contributed by atoms with Gasteiger partial charge in [-0.05, 0) is 35.8 Å². The molecule has 96 valence electrons. The van der Waals surface area contributed by atoms with E-state index in [1.165, 1.54) is 16.8 Å². The molecule has 19 heavy (non-hydrogen) atoms. The van der Waals surface area contributed by atoms with Gasteiger partial charge < -0.3 is 5.32 Å². The lowest BCUT2D eigenvalue weighted by atomic mass is 9.99. The zero-order valence-electron chi connectivity index (χ0n) is 11.3. The van der Waals surface area contributed by atoms with Crippen molar-refractivity contribution in [1.29, 1.82) is 0 Å². The van der Waals surface area contributed by atoms with Crippen molar-refractivity contribution in [3.05, 3.63) is 84.5 Å². The van der Waals surface area contributed by atoms with Gasteiger partial charge in [-0.25, -0.2) is 0 Å². The van der Waals surface area contributed by atoms with Crippen LogP contribution in [0.2, 0.25) is 0 Å². The van der Waals surface area contributed by atoms with Gasteiger partial charge in [-0.2, -0.15) is 0 Å². The quantitative estimate of drug-likeness (QED) is 0.783. The molecule has 0 fully saturated rings. The van der Waals surface area contributed by atoms with Gasteiger partial charge in [0.15, 0.2) is 0 Å². The van der Waals surface area contributed by atoms with Gasteiger partial charge in [-0.3, -0.25) is 0 Å². The Labute approximate surface area is 115 Å². The fourth-order valence-electron chi connectivity index (χ4n) is 2.12. The predicted molar refractivity (Wildman–Crippen MR) is 84.5 cm³/mol. The molecule has 0 atom stereocenters. The van der Waals surface area contributed by atoms with Crippen LogP contribution in [-0.4, -0.2) is 6.54 Å². The van der Waals surface area contributed by atoms with E-state index in [0.717, 1.165) is 17.7 Å². The minimum Gasteiger partial charge on any atom is -0.381 e. The van der Waals surface area contributed by atoms with Gasteiger partial charge in [0.2, 0.25) is 0 Å². The van der Waals surface area contributed by atoms with Crippen molar-refractivity contribution >= 4 is 11.3 Å². The number of benzene rings is 1. The van der Waals surface area contributed by atoms with E-state index in [9.17, 15) is 0 Å². The van der Waals surface area contributed by atoms with Crippen molar-refractivity contribution in [2.45, 2.75) is 6.92 Å². The fourth-order valence-corrected chi connectivity index (χ4v) is 2.12. The van der Waals surface area contributed by atoms with E-state index < -0.39 is 0 Å². The molecule has 0 saturated carbocycles. The molecule has 1 nitrogen and oxygen atoms in total. The van der Waals surface area contributed by atoms with E-state index in [2.05, 4.69) is 61.8 Å². The van der Waals surface area contributed by atoms with Crippen LogP contribution in [0.3, 0.4) is 0 Å². The lowest BCUT2D eigenvalue weighted by Crippen LogP contribution is -2.15. The van der Waals surface area contributed by atoms with Crippen LogP contribution in [-0.2, 0) is 0 Å². The molecular weight excluding hydrogens is 230 g/mol. The maximum atomic E-state index is 3.85. The molecule has 1 aromatic rings. The van der Waals surface area contributed by atoms with Gasteiger partial charge in [0.05, 0.1) is 0 Å². The molecule has 1 heterocycles. The Kier molecular flexibility index (Phi) is 4.19. The molecule has 1 aliphatic heterocycles. The Balaban J connectivity index is 2.40. The van der Waals surface area contributed by atoms with Gasteiger partial charge in [0, 0.05) is 12.2 Å². The lowest BCUT2D eigenvalue weighted by molar-refractivity contribution is 0.981. The summed E-state index contributed by atoms with van der Waals surface area (Å²) in [5, 5.41) is 3.40. The molecule has 0 aromatic heterocycles. The van der Waals surface area contributed by atoms with Crippen molar-refractivity contribution in [2.75, 3.05) is 6.54 Å². The average molecular weight is 249 g/mol. The molecule has 1 aliphatic rings. The zero-order valence-corrected chi connectivity index (χ0v) is 11.3. The van der Waals surface area contributed by atoms with Crippen LogP contribution in [0.1, 0.15) is 18.1 Å². The highest BCUT2D eigenvalue weighted by atomic mass is 14.9. The van der Waals surface area contributed by atoms with Crippen molar-refractivity contribution in [1.82, 2.24) is 5.32 Å². The summed E-state index contributed by atoms with van der Waals surface area (Å²) in [6.07, 6.45) is 9.97. The summed E-state index contributed by atoms with van der Waals surface area (Å²) in [5.41, 5.74) is 5.90. The minimum atomic E-state index is 0.888. The Bertz CT molecular complexity index is 585. The first-order valence-corrected chi connectivity index (χ1v) is 6.43. The van der Waals surface area contributed by atoms with Gasteiger partial charge in [-0.15, -0.1) is 0 Å². The van der Waals surface area contributed by atoms with Crippen LogP contribution >= 0.6 is 0 Å². The molecule has 0 saturated heterocycles. The second-order valence-electron chi connectivity index (χ2n) is 4.53. The first kappa shape index (κ1) is 13.2. The zero-order chi connectivity index (χ0) is 13.7. The number of hydrogen-bond donors (Lipinski definition) is 1. The number of rotatable bonds is 4. The lowest BCUT2D eigenvalue weighted by Gasteiger charge is -2.15. The standard InChI is InChI=1S/C18H19N/c1-4-7-15(5-2)16-8-6-9-17(13-16)18-12-14(3)10-11-19-18/h4-10,12-13,19H,1-2,11H2,3H3/b15-7+. The molecule has 1 aromatic carbocycles. The van der Waals surface area contributed by atoms with Gasteiger partial charge in [0.1, 0.15) is 0 Å². The summed E-state index contributed by atoms with van der Waals surface area (Å²) in [6, 6.07) is 8.46. The van der Waals surface area contributed by atoms with Crippen molar-refractivity contribution in [3.8, 4) is 0 Å². The maximum absolute atomic E-state index is 3.85. The second kappa shape index (κ2) is 6.05. The van der Waals surface area contributed by atoms with Crippen LogP contribution in [0.25, 0.3) is 11.3 Å². The van der Waals surface area contributed by atoms with Gasteiger partial charge in [0.25, 0.3) is 0 Å². The fraction of sp³-hybridized carbons (Fsp3) is 0.111. The van der Waals surface area contributed by atoms with Crippen LogP contribution < -0.4 is 5.32 Å². The molecule has 0 bridgehead atoms.